The van der Waals surface area contributed by atoms with Gasteiger partial charge in [0.25, 0.3) is 5.69 Å². The van der Waals surface area contributed by atoms with Crippen LogP contribution in [0.5, 0.6) is 11.5 Å². The number of nitrogens with zero attached hydrogens (tertiary/aromatic N) is 1. The van der Waals surface area contributed by atoms with E-state index in [-0.39, 0.29) is 18.1 Å². The quantitative estimate of drug-likeness (QED) is 0.478. The van der Waals surface area contributed by atoms with Gasteiger partial charge in [-0.3, -0.25) is 14.9 Å². The monoisotopic (exact) mass is 363 g/mol. The van der Waals surface area contributed by atoms with E-state index in [1.807, 2.05) is 36.4 Å². The molecule has 3 rings (SSSR count). The summed E-state index contributed by atoms with van der Waals surface area (Å²) < 4.78 is 5.81. The molecular formula is C20H17N3O4. The van der Waals surface area contributed by atoms with Crippen LogP contribution in [0.2, 0.25) is 0 Å². The van der Waals surface area contributed by atoms with Crippen molar-refractivity contribution in [3.05, 3.63) is 89.0 Å². The van der Waals surface area contributed by atoms with Gasteiger partial charge in [-0.25, -0.2) is 0 Å². The molecule has 136 valence electrons. The molecule has 2 N–H and O–H groups in total. The first-order valence-corrected chi connectivity index (χ1v) is 8.22. The van der Waals surface area contributed by atoms with E-state index in [4.69, 9.17) is 4.74 Å². The lowest BCUT2D eigenvalue weighted by molar-refractivity contribution is -0.384. The van der Waals surface area contributed by atoms with Gasteiger partial charge in [-0.2, -0.15) is 0 Å². The number of nitro benzene ring substituents is 1. The lowest BCUT2D eigenvalue weighted by atomic mass is 10.2. The van der Waals surface area contributed by atoms with Crippen molar-refractivity contribution in [1.82, 2.24) is 0 Å². The van der Waals surface area contributed by atoms with Crippen LogP contribution in [-0.2, 0) is 4.79 Å². The highest BCUT2D eigenvalue weighted by molar-refractivity contribution is 5.95. The van der Waals surface area contributed by atoms with E-state index in [2.05, 4.69) is 10.6 Å². The summed E-state index contributed by atoms with van der Waals surface area (Å²) >= 11 is 0. The number of anilines is 2. The highest BCUT2D eigenvalue weighted by Gasteiger charge is 2.09. The zero-order valence-electron chi connectivity index (χ0n) is 14.3. The molecule has 0 radical (unpaired) electrons. The van der Waals surface area contributed by atoms with Crippen LogP contribution >= 0.6 is 0 Å². The number of ether oxygens (including phenoxy) is 1. The molecule has 7 nitrogen and oxygen atoms in total. The fraction of sp³-hybridized carbons (Fsp3) is 0.0500. The Hall–Kier alpha value is -3.87. The largest absolute Gasteiger partial charge is 0.455 e. The second-order valence-corrected chi connectivity index (χ2v) is 5.62. The van der Waals surface area contributed by atoms with Crippen LogP contribution < -0.4 is 15.4 Å². The normalized spacial score (nSPS) is 10.1. The molecule has 0 heterocycles. The molecule has 27 heavy (non-hydrogen) atoms. The summed E-state index contributed by atoms with van der Waals surface area (Å²) in [6, 6.07) is 22.3. The summed E-state index contributed by atoms with van der Waals surface area (Å²) in [4.78, 5) is 22.4. The van der Waals surface area contributed by atoms with Crippen molar-refractivity contribution in [2.24, 2.45) is 0 Å². The molecule has 0 bridgehead atoms. The van der Waals surface area contributed by atoms with Gasteiger partial charge in [0.05, 0.1) is 17.2 Å². The first-order valence-electron chi connectivity index (χ1n) is 8.22. The van der Waals surface area contributed by atoms with Gasteiger partial charge in [0.1, 0.15) is 5.75 Å². The number of benzene rings is 3. The average molecular weight is 363 g/mol. The number of amides is 1. The van der Waals surface area contributed by atoms with Gasteiger partial charge in [-0.15, -0.1) is 0 Å². The highest BCUT2D eigenvalue weighted by Crippen LogP contribution is 2.29. The topological polar surface area (TPSA) is 93.5 Å². The summed E-state index contributed by atoms with van der Waals surface area (Å²) in [6.45, 7) is 0.0114. The van der Waals surface area contributed by atoms with Gasteiger partial charge in [0, 0.05) is 17.8 Å². The maximum atomic E-state index is 12.2. The molecule has 0 unspecified atom stereocenters. The molecule has 0 aliphatic heterocycles. The minimum absolute atomic E-state index is 0.00279. The summed E-state index contributed by atoms with van der Waals surface area (Å²) in [5.41, 5.74) is 1.17. The zero-order chi connectivity index (χ0) is 19.1. The number of rotatable bonds is 7. The lowest BCUT2D eigenvalue weighted by Crippen LogP contribution is -2.22. The fourth-order valence-electron chi connectivity index (χ4n) is 2.35. The third-order valence-electron chi connectivity index (χ3n) is 3.66. The number of non-ortho nitro benzene ring substituents is 1. The van der Waals surface area contributed by atoms with E-state index in [1.54, 1.807) is 30.3 Å². The van der Waals surface area contributed by atoms with Gasteiger partial charge in [-0.05, 0) is 36.4 Å². The van der Waals surface area contributed by atoms with Crippen molar-refractivity contribution in [2.75, 3.05) is 17.2 Å². The Kier molecular flexibility index (Phi) is 5.64. The molecule has 1 amide bonds. The minimum atomic E-state index is -0.472. The number of hydrogen-bond donors (Lipinski definition) is 2. The number of para-hydroxylation sites is 3. The van der Waals surface area contributed by atoms with Crippen LogP contribution in [0.4, 0.5) is 17.1 Å². The Morgan fingerprint density at radius 1 is 0.926 bits per heavy atom. The number of carbonyl (C=O) groups is 1. The molecule has 3 aromatic carbocycles. The van der Waals surface area contributed by atoms with Crippen molar-refractivity contribution in [3.8, 4) is 11.5 Å². The second kappa shape index (κ2) is 8.48. The molecule has 7 heteroatoms. The van der Waals surface area contributed by atoms with E-state index in [1.165, 1.54) is 12.1 Å². The maximum absolute atomic E-state index is 12.2. The van der Waals surface area contributed by atoms with E-state index in [9.17, 15) is 14.9 Å². The SMILES string of the molecule is O=C(CNc1ccc([N+](=O)[O-])cc1)Nc1ccccc1Oc1ccccc1. The number of nitro groups is 1. The molecular weight excluding hydrogens is 346 g/mol. The third-order valence-corrected chi connectivity index (χ3v) is 3.66. The first kappa shape index (κ1) is 17.9. The predicted molar refractivity (Wildman–Crippen MR) is 103 cm³/mol. The Balaban J connectivity index is 1.60. The van der Waals surface area contributed by atoms with Gasteiger partial charge >= 0.3 is 0 Å². The van der Waals surface area contributed by atoms with E-state index >= 15 is 0 Å². The fourth-order valence-corrected chi connectivity index (χ4v) is 2.35. The first-order chi connectivity index (χ1) is 13.1. The molecule has 0 aliphatic rings. The van der Waals surface area contributed by atoms with Crippen LogP contribution in [0.3, 0.4) is 0 Å². The Morgan fingerprint density at radius 2 is 1.59 bits per heavy atom. The predicted octanol–water partition coefficient (Wildman–Crippen LogP) is 4.44. The van der Waals surface area contributed by atoms with Crippen LogP contribution in [-0.4, -0.2) is 17.4 Å². The Labute approximate surface area is 155 Å². The smallest absolute Gasteiger partial charge is 0.269 e. The molecule has 0 atom stereocenters. The van der Waals surface area contributed by atoms with Gasteiger partial charge < -0.3 is 15.4 Å². The number of nitrogens with one attached hydrogen (secondary N) is 2. The number of hydrogen-bond acceptors (Lipinski definition) is 5. The van der Waals surface area contributed by atoms with Crippen LogP contribution in [0, 0.1) is 10.1 Å². The summed E-state index contributed by atoms with van der Waals surface area (Å²) in [5, 5.41) is 16.4. The van der Waals surface area contributed by atoms with Gasteiger partial charge in [-0.1, -0.05) is 30.3 Å². The molecule has 0 fully saturated rings. The molecule has 0 saturated carbocycles. The summed E-state index contributed by atoms with van der Waals surface area (Å²) in [5.74, 6) is 0.938. The van der Waals surface area contributed by atoms with Crippen molar-refractivity contribution >= 4 is 23.0 Å². The molecule has 0 aromatic heterocycles. The van der Waals surface area contributed by atoms with Crippen LogP contribution in [0.1, 0.15) is 0 Å². The molecule has 0 spiro atoms. The minimum Gasteiger partial charge on any atom is -0.455 e. The molecule has 0 saturated heterocycles. The zero-order valence-corrected chi connectivity index (χ0v) is 14.3. The van der Waals surface area contributed by atoms with Crippen molar-refractivity contribution in [3.63, 3.8) is 0 Å². The Morgan fingerprint density at radius 3 is 2.30 bits per heavy atom. The third kappa shape index (κ3) is 5.05. The van der Waals surface area contributed by atoms with Crippen molar-refractivity contribution in [1.29, 1.82) is 0 Å². The van der Waals surface area contributed by atoms with Crippen LogP contribution in [0.25, 0.3) is 0 Å². The van der Waals surface area contributed by atoms with Gasteiger partial charge in [0.15, 0.2) is 5.75 Å². The van der Waals surface area contributed by atoms with E-state index in [0.29, 0.717) is 22.9 Å². The summed E-state index contributed by atoms with van der Waals surface area (Å²) in [7, 11) is 0. The van der Waals surface area contributed by atoms with Crippen molar-refractivity contribution in [2.45, 2.75) is 0 Å². The van der Waals surface area contributed by atoms with E-state index in [0.717, 1.165) is 0 Å². The van der Waals surface area contributed by atoms with Crippen LogP contribution in [0.15, 0.2) is 78.9 Å². The highest BCUT2D eigenvalue weighted by atomic mass is 16.6. The second-order valence-electron chi connectivity index (χ2n) is 5.62. The van der Waals surface area contributed by atoms with Crippen molar-refractivity contribution < 1.29 is 14.5 Å². The standard InChI is InChI=1S/C20H17N3O4/c24-20(14-21-15-10-12-16(13-11-15)23(25)26)22-18-8-4-5-9-19(18)27-17-6-2-1-3-7-17/h1-13,21H,14H2,(H,22,24). The number of carbonyl (C=O) groups excluding carboxylic acids is 1. The average Bonchev–Trinajstić information content (AvgIpc) is 2.69. The Bertz CT molecular complexity index is 927. The van der Waals surface area contributed by atoms with E-state index < -0.39 is 4.92 Å². The van der Waals surface area contributed by atoms with Gasteiger partial charge in [0.2, 0.25) is 5.91 Å². The summed E-state index contributed by atoms with van der Waals surface area (Å²) in [6.07, 6.45) is 0. The lowest BCUT2D eigenvalue weighted by Gasteiger charge is -2.12. The molecule has 0 aliphatic carbocycles. The molecule has 3 aromatic rings. The maximum Gasteiger partial charge on any atom is 0.269 e.